The Hall–Kier alpha value is -1.83. The lowest BCUT2D eigenvalue weighted by Gasteiger charge is -2.04. The molecule has 0 fully saturated rings. The molecule has 0 atom stereocenters. The van der Waals surface area contributed by atoms with E-state index in [9.17, 15) is 8.78 Å². The van der Waals surface area contributed by atoms with E-state index in [0.29, 0.717) is 0 Å². The fourth-order valence-corrected chi connectivity index (χ4v) is 0.845. The fraction of sp³-hybridized carbons (Fsp3) is 0.125. The first kappa shape index (κ1) is 9.26. The Morgan fingerprint density at radius 2 is 2.08 bits per heavy atom. The molecule has 0 aromatic heterocycles. The largest absolute Gasteiger partial charge is 0.505 e. The zero-order valence-electron chi connectivity index (χ0n) is 6.64. The Labute approximate surface area is 72.8 Å². The molecule has 0 bridgehead atoms. The van der Waals surface area contributed by atoms with Gasteiger partial charge in [0.05, 0.1) is 7.11 Å². The third-order valence-electron chi connectivity index (χ3n) is 1.48. The van der Waals surface area contributed by atoms with Crippen LogP contribution in [0.5, 0.6) is 11.5 Å². The molecular weight excluding hydrogens is 180 g/mol. The summed E-state index contributed by atoms with van der Waals surface area (Å²) >= 11 is 0. The van der Waals surface area contributed by atoms with Gasteiger partial charge in [0.15, 0.2) is 23.1 Å². The topological polar surface area (TPSA) is 53.2 Å². The number of hydrogen-bond acceptors (Lipinski definition) is 3. The number of phenolic OH excluding ortho intramolecular Hbond substituents is 1. The summed E-state index contributed by atoms with van der Waals surface area (Å²) in [6.07, 6.45) is 0. The molecule has 13 heavy (non-hydrogen) atoms. The average Bonchev–Trinajstić information content (AvgIpc) is 2.12. The Bertz CT molecular complexity index is 385. The molecule has 0 unspecified atom stereocenters. The molecule has 0 amide bonds. The second-order valence-electron chi connectivity index (χ2n) is 2.21. The first-order chi connectivity index (χ1) is 6.11. The van der Waals surface area contributed by atoms with Crippen molar-refractivity contribution in [3.05, 3.63) is 23.3 Å². The number of aromatic hydroxyl groups is 1. The average molecular weight is 185 g/mol. The van der Waals surface area contributed by atoms with Gasteiger partial charge in [-0.05, 0) is 0 Å². The maximum absolute atomic E-state index is 13.0. The highest BCUT2D eigenvalue weighted by Crippen LogP contribution is 2.29. The summed E-state index contributed by atoms with van der Waals surface area (Å²) in [6.45, 7) is 0. The molecule has 1 aromatic rings. The van der Waals surface area contributed by atoms with Crippen molar-refractivity contribution < 1.29 is 18.6 Å². The minimum absolute atomic E-state index is 0.365. The van der Waals surface area contributed by atoms with Crippen LogP contribution in [0.2, 0.25) is 0 Å². The lowest BCUT2D eigenvalue weighted by atomic mass is 10.2. The van der Waals surface area contributed by atoms with Gasteiger partial charge in [-0.2, -0.15) is 5.26 Å². The second kappa shape index (κ2) is 3.27. The molecule has 1 rings (SSSR count). The minimum Gasteiger partial charge on any atom is -0.505 e. The van der Waals surface area contributed by atoms with Crippen molar-refractivity contribution in [3.8, 4) is 17.6 Å². The van der Waals surface area contributed by atoms with Crippen LogP contribution < -0.4 is 4.74 Å². The number of phenols is 1. The van der Waals surface area contributed by atoms with Gasteiger partial charge >= 0.3 is 0 Å². The summed E-state index contributed by atoms with van der Waals surface area (Å²) in [7, 11) is 1.15. The van der Waals surface area contributed by atoms with Gasteiger partial charge in [0.25, 0.3) is 0 Å². The zero-order chi connectivity index (χ0) is 10.0. The van der Waals surface area contributed by atoms with Crippen LogP contribution in [0, 0.1) is 23.0 Å². The van der Waals surface area contributed by atoms with Gasteiger partial charge in [-0.3, -0.25) is 0 Å². The molecule has 1 aromatic carbocycles. The van der Waals surface area contributed by atoms with Gasteiger partial charge in [0.2, 0.25) is 0 Å². The monoisotopic (exact) mass is 185 g/mol. The van der Waals surface area contributed by atoms with Crippen LogP contribution in [0.25, 0.3) is 0 Å². The van der Waals surface area contributed by atoms with Crippen molar-refractivity contribution in [3.63, 3.8) is 0 Å². The smallest absolute Gasteiger partial charge is 0.186 e. The lowest BCUT2D eigenvalue weighted by molar-refractivity contribution is 0.369. The molecule has 0 heterocycles. The molecule has 0 aliphatic heterocycles. The van der Waals surface area contributed by atoms with Crippen molar-refractivity contribution in [2.45, 2.75) is 0 Å². The van der Waals surface area contributed by atoms with E-state index in [4.69, 9.17) is 10.4 Å². The van der Waals surface area contributed by atoms with E-state index in [1.807, 2.05) is 0 Å². The van der Waals surface area contributed by atoms with Crippen LogP contribution in [-0.2, 0) is 0 Å². The number of benzene rings is 1. The van der Waals surface area contributed by atoms with Crippen LogP contribution >= 0.6 is 0 Å². The van der Waals surface area contributed by atoms with E-state index >= 15 is 0 Å². The summed E-state index contributed by atoms with van der Waals surface area (Å²) in [5, 5.41) is 17.2. The second-order valence-corrected chi connectivity index (χ2v) is 2.21. The van der Waals surface area contributed by atoms with Crippen LogP contribution in [0.3, 0.4) is 0 Å². The highest BCUT2D eigenvalue weighted by atomic mass is 19.1. The van der Waals surface area contributed by atoms with Gasteiger partial charge in [-0.15, -0.1) is 0 Å². The highest BCUT2D eigenvalue weighted by Gasteiger charge is 2.18. The van der Waals surface area contributed by atoms with Gasteiger partial charge in [-0.25, -0.2) is 8.78 Å². The quantitative estimate of drug-likeness (QED) is 0.722. The van der Waals surface area contributed by atoms with Crippen molar-refractivity contribution in [1.29, 1.82) is 5.26 Å². The summed E-state index contributed by atoms with van der Waals surface area (Å²) < 4.78 is 30.3. The van der Waals surface area contributed by atoms with Crippen LogP contribution in [-0.4, -0.2) is 12.2 Å². The zero-order valence-corrected chi connectivity index (χ0v) is 6.64. The third kappa shape index (κ3) is 1.38. The van der Waals surface area contributed by atoms with Crippen LogP contribution in [0.15, 0.2) is 6.07 Å². The number of hydrogen-bond donors (Lipinski definition) is 1. The van der Waals surface area contributed by atoms with Gasteiger partial charge in [0.1, 0.15) is 11.6 Å². The van der Waals surface area contributed by atoms with E-state index in [0.717, 1.165) is 13.2 Å². The number of methoxy groups -OCH3 is 1. The van der Waals surface area contributed by atoms with E-state index in [1.54, 1.807) is 0 Å². The van der Waals surface area contributed by atoms with Crippen molar-refractivity contribution in [1.82, 2.24) is 0 Å². The molecule has 0 radical (unpaired) electrons. The van der Waals surface area contributed by atoms with E-state index in [2.05, 4.69) is 4.74 Å². The first-order valence-electron chi connectivity index (χ1n) is 3.26. The molecule has 3 nitrogen and oxygen atoms in total. The van der Waals surface area contributed by atoms with Crippen LogP contribution in [0.1, 0.15) is 5.56 Å². The standard InChI is InChI=1S/C8H5F2NO2/c1-13-6-2-5(12)7(9)4(3-11)8(6)10/h2,12H,1H3. The Kier molecular flexibility index (Phi) is 2.33. The van der Waals surface area contributed by atoms with E-state index < -0.39 is 22.9 Å². The molecule has 0 saturated carbocycles. The van der Waals surface area contributed by atoms with E-state index in [1.165, 1.54) is 6.07 Å². The molecule has 5 heteroatoms. The Morgan fingerprint density at radius 1 is 1.46 bits per heavy atom. The number of nitriles is 1. The number of rotatable bonds is 1. The normalized spacial score (nSPS) is 9.38. The summed E-state index contributed by atoms with van der Waals surface area (Å²) in [4.78, 5) is 0. The molecular formula is C8H5F2NO2. The molecule has 0 saturated heterocycles. The van der Waals surface area contributed by atoms with Crippen molar-refractivity contribution in [2.75, 3.05) is 7.11 Å². The molecule has 1 N–H and O–H groups in total. The Balaban J connectivity index is 3.50. The number of ether oxygens (including phenoxy) is 1. The molecule has 68 valence electrons. The summed E-state index contributed by atoms with van der Waals surface area (Å²) in [6, 6.07) is 2.06. The maximum Gasteiger partial charge on any atom is 0.186 e. The predicted octanol–water partition coefficient (Wildman–Crippen LogP) is 1.55. The van der Waals surface area contributed by atoms with Crippen molar-refractivity contribution in [2.24, 2.45) is 0 Å². The molecule has 0 aliphatic rings. The maximum atomic E-state index is 13.0. The minimum atomic E-state index is -1.28. The predicted molar refractivity (Wildman–Crippen MR) is 39.3 cm³/mol. The lowest BCUT2D eigenvalue weighted by Crippen LogP contribution is -1.95. The summed E-state index contributed by atoms with van der Waals surface area (Å²) in [5.74, 6) is -3.56. The summed E-state index contributed by atoms with van der Waals surface area (Å²) in [5.41, 5.74) is -0.850. The third-order valence-corrected chi connectivity index (χ3v) is 1.48. The number of halogens is 2. The highest BCUT2D eigenvalue weighted by molar-refractivity contribution is 5.46. The SMILES string of the molecule is COc1cc(O)c(F)c(C#N)c1F. The molecule has 0 aliphatic carbocycles. The van der Waals surface area contributed by atoms with Gasteiger partial charge in [-0.1, -0.05) is 0 Å². The van der Waals surface area contributed by atoms with Gasteiger partial charge < -0.3 is 9.84 Å². The number of nitrogens with zero attached hydrogens (tertiary/aromatic N) is 1. The van der Waals surface area contributed by atoms with Crippen molar-refractivity contribution >= 4 is 0 Å². The van der Waals surface area contributed by atoms with Gasteiger partial charge in [0, 0.05) is 6.07 Å². The van der Waals surface area contributed by atoms with E-state index in [-0.39, 0.29) is 5.75 Å². The van der Waals surface area contributed by atoms with Crippen LogP contribution in [0.4, 0.5) is 8.78 Å². The Morgan fingerprint density at radius 3 is 2.54 bits per heavy atom. The first-order valence-corrected chi connectivity index (χ1v) is 3.26. The fourth-order valence-electron chi connectivity index (χ4n) is 0.845. The molecule has 0 spiro atoms.